The molecule has 0 aromatic carbocycles. The molecule has 0 radical (unpaired) electrons. The summed E-state index contributed by atoms with van der Waals surface area (Å²) >= 11 is 0. The van der Waals surface area contributed by atoms with E-state index in [2.05, 4.69) is 13.5 Å². The molecule has 0 saturated heterocycles. The number of hydrogen-bond acceptors (Lipinski definition) is 3. The third-order valence-corrected chi connectivity index (χ3v) is 2.22. The van der Waals surface area contributed by atoms with Crippen LogP contribution in [0.5, 0.6) is 0 Å². The van der Waals surface area contributed by atoms with Gasteiger partial charge in [-0.25, -0.2) is 5.84 Å². The molecule has 3 heteroatoms. The smallest absolute Gasteiger partial charge is 0.0752 e. The van der Waals surface area contributed by atoms with Gasteiger partial charge in [0.2, 0.25) is 0 Å². The van der Waals surface area contributed by atoms with Crippen molar-refractivity contribution in [3.63, 3.8) is 0 Å². The quantitative estimate of drug-likeness (QED) is 0.654. The van der Waals surface area contributed by atoms with Gasteiger partial charge in [-0.2, -0.15) is 0 Å². The molecule has 1 aliphatic rings. The third-order valence-electron chi connectivity index (χ3n) is 2.22. The summed E-state index contributed by atoms with van der Waals surface area (Å²) < 4.78 is 0. The molecule has 0 saturated carbocycles. The van der Waals surface area contributed by atoms with E-state index in [0.717, 1.165) is 23.3 Å². The molecule has 14 heavy (non-hydrogen) atoms. The van der Waals surface area contributed by atoms with Gasteiger partial charge in [-0.05, 0) is 30.6 Å². The van der Waals surface area contributed by atoms with E-state index in [0.29, 0.717) is 5.70 Å². The minimum absolute atomic E-state index is 0.709. The summed E-state index contributed by atoms with van der Waals surface area (Å²) in [5.74, 6) is 5.79. The lowest BCUT2D eigenvalue weighted by atomic mass is 10.0. The molecule has 76 valence electrons. The molecule has 0 bridgehead atoms. The summed E-state index contributed by atoms with van der Waals surface area (Å²) in [5, 5.41) is 1.53. The lowest BCUT2D eigenvalue weighted by Crippen LogP contribution is -2.28. The average molecular weight is 191 g/mol. The molecule has 0 unspecified atom stereocenters. The van der Waals surface area contributed by atoms with Gasteiger partial charge in [-0.15, -0.1) is 0 Å². The van der Waals surface area contributed by atoms with E-state index < -0.39 is 0 Å². The van der Waals surface area contributed by atoms with E-state index in [4.69, 9.17) is 11.6 Å². The van der Waals surface area contributed by atoms with Crippen molar-refractivity contribution in [2.75, 3.05) is 0 Å². The molecule has 4 N–H and O–H groups in total. The van der Waals surface area contributed by atoms with Gasteiger partial charge in [0.05, 0.1) is 5.70 Å². The number of nitrogens with zero attached hydrogens (tertiary/aromatic N) is 1. The van der Waals surface area contributed by atoms with E-state index >= 15 is 0 Å². The average Bonchev–Trinajstić information content (AvgIpc) is 2.15. The lowest BCUT2D eigenvalue weighted by molar-refractivity contribution is 0.494. The molecule has 0 aromatic rings. The molecule has 3 nitrogen and oxygen atoms in total. The topological polar surface area (TPSA) is 55.3 Å². The van der Waals surface area contributed by atoms with Crippen LogP contribution in [0.2, 0.25) is 0 Å². The van der Waals surface area contributed by atoms with Crippen molar-refractivity contribution in [2.45, 2.75) is 20.3 Å². The van der Waals surface area contributed by atoms with Crippen LogP contribution < -0.4 is 11.6 Å². The lowest BCUT2D eigenvalue weighted by Gasteiger charge is -2.22. The largest absolute Gasteiger partial charge is 0.401 e. The van der Waals surface area contributed by atoms with Gasteiger partial charge in [-0.3, -0.25) is 5.01 Å². The number of nitrogens with two attached hydrogens (primary N) is 2. The summed E-state index contributed by atoms with van der Waals surface area (Å²) in [4.78, 5) is 0. The van der Waals surface area contributed by atoms with Crippen molar-refractivity contribution in [3.8, 4) is 0 Å². The van der Waals surface area contributed by atoms with Gasteiger partial charge in [0.1, 0.15) is 0 Å². The Balaban J connectivity index is 2.93. The SMILES string of the molecule is C=C(CC)C1=CN(N)/C(=C(/C)N)C=C1. The summed E-state index contributed by atoms with van der Waals surface area (Å²) in [5.41, 5.74) is 9.34. The van der Waals surface area contributed by atoms with Crippen molar-refractivity contribution in [1.29, 1.82) is 0 Å². The van der Waals surface area contributed by atoms with Crippen molar-refractivity contribution in [2.24, 2.45) is 11.6 Å². The molecular formula is C11H17N3. The second-order valence-electron chi connectivity index (χ2n) is 3.35. The van der Waals surface area contributed by atoms with Crippen LogP contribution in [0.25, 0.3) is 0 Å². The maximum absolute atomic E-state index is 5.79. The fourth-order valence-electron chi connectivity index (χ4n) is 1.27. The van der Waals surface area contributed by atoms with Crippen LogP contribution in [0.1, 0.15) is 20.3 Å². The third kappa shape index (κ3) is 2.06. The second kappa shape index (κ2) is 4.15. The molecule has 1 rings (SSSR count). The Morgan fingerprint density at radius 2 is 2.14 bits per heavy atom. The van der Waals surface area contributed by atoms with Crippen molar-refractivity contribution >= 4 is 0 Å². The van der Waals surface area contributed by atoms with Crippen LogP contribution in [-0.2, 0) is 0 Å². The molecule has 0 aromatic heterocycles. The minimum Gasteiger partial charge on any atom is -0.401 e. The Bertz CT molecular complexity index is 330. The van der Waals surface area contributed by atoms with Gasteiger partial charge in [0.25, 0.3) is 0 Å². The van der Waals surface area contributed by atoms with E-state index in [1.807, 2.05) is 25.3 Å². The van der Waals surface area contributed by atoms with Crippen molar-refractivity contribution in [3.05, 3.63) is 47.5 Å². The Morgan fingerprint density at radius 3 is 2.57 bits per heavy atom. The number of hydrogen-bond donors (Lipinski definition) is 2. The van der Waals surface area contributed by atoms with E-state index in [9.17, 15) is 0 Å². The maximum Gasteiger partial charge on any atom is 0.0752 e. The molecule has 0 aliphatic carbocycles. The molecule has 0 fully saturated rings. The predicted molar refractivity (Wildman–Crippen MR) is 59.6 cm³/mol. The number of allylic oxidation sites excluding steroid dienone is 5. The molecule has 0 amide bonds. The van der Waals surface area contributed by atoms with E-state index in [-0.39, 0.29) is 0 Å². The molecule has 0 atom stereocenters. The first kappa shape index (κ1) is 10.6. The highest BCUT2D eigenvalue weighted by atomic mass is 15.4. The first-order valence-electron chi connectivity index (χ1n) is 4.64. The Labute approximate surface area is 85.0 Å². The van der Waals surface area contributed by atoms with Crippen molar-refractivity contribution in [1.82, 2.24) is 5.01 Å². The monoisotopic (exact) mass is 191 g/mol. The Hall–Kier alpha value is -1.48. The van der Waals surface area contributed by atoms with E-state index in [1.54, 1.807) is 0 Å². The number of rotatable bonds is 2. The zero-order chi connectivity index (χ0) is 10.7. The zero-order valence-electron chi connectivity index (χ0n) is 8.75. The Kier molecular flexibility index (Phi) is 3.14. The fourth-order valence-corrected chi connectivity index (χ4v) is 1.27. The first-order chi connectivity index (χ1) is 6.56. The van der Waals surface area contributed by atoms with Gasteiger partial charge in [0.15, 0.2) is 0 Å². The van der Waals surface area contributed by atoms with Crippen LogP contribution in [0.15, 0.2) is 47.5 Å². The Morgan fingerprint density at radius 1 is 1.50 bits per heavy atom. The van der Waals surface area contributed by atoms with Gasteiger partial charge < -0.3 is 5.73 Å². The zero-order valence-corrected chi connectivity index (χ0v) is 8.75. The highest BCUT2D eigenvalue weighted by Crippen LogP contribution is 2.21. The van der Waals surface area contributed by atoms with Crippen LogP contribution in [0, 0.1) is 0 Å². The molecular weight excluding hydrogens is 174 g/mol. The number of hydrazine groups is 1. The highest BCUT2D eigenvalue weighted by Gasteiger charge is 2.09. The molecule has 0 spiro atoms. The van der Waals surface area contributed by atoms with Gasteiger partial charge in [-0.1, -0.05) is 19.6 Å². The first-order valence-corrected chi connectivity index (χ1v) is 4.64. The standard InChI is InChI=1S/C11H17N3/c1-4-8(2)10-5-6-11(9(3)12)14(13)7-10/h5-7H,2,4,12-13H2,1,3H3/b11-9-. The van der Waals surface area contributed by atoms with Crippen molar-refractivity contribution < 1.29 is 0 Å². The molecule has 1 heterocycles. The van der Waals surface area contributed by atoms with Crippen LogP contribution in [0.4, 0.5) is 0 Å². The van der Waals surface area contributed by atoms with E-state index in [1.165, 1.54) is 5.01 Å². The summed E-state index contributed by atoms with van der Waals surface area (Å²) in [6.07, 6.45) is 6.66. The summed E-state index contributed by atoms with van der Waals surface area (Å²) in [6.45, 7) is 7.85. The van der Waals surface area contributed by atoms with Crippen LogP contribution in [-0.4, -0.2) is 5.01 Å². The second-order valence-corrected chi connectivity index (χ2v) is 3.35. The summed E-state index contributed by atoms with van der Waals surface area (Å²) in [7, 11) is 0. The molecule has 1 aliphatic heterocycles. The maximum atomic E-state index is 5.79. The van der Waals surface area contributed by atoms with Crippen LogP contribution >= 0.6 is 0 Å². The highest BCUT2D eigenvalue weighted by molar-refractivity contribution is 5.44. The minimum atomic E-state index is 0.709. The van der Waals surface area contributed by atoms with Gasteiger partial charge >= 0.3 is 0 Å². The van der Waals surface area contributed by atoms with Gasteiger partial charge in [0, 0.05) is 11.9 Å². The van der Waals surface area contributed by atoms with Crippen LogP contribution in [0.3, 0.4) is 0 Å². The normalized spacial score (nSPS) is 19.4. The fraction of sp³-hybridized carbons (Fsp3) is 0.273. The predicted octanol–water partition coefficient (Wildman–Crippen LogP) is 1.77. The summed E-state index contributed by atoms with van der Waals surface area (Å²) in [6, 6.07) is 0.